The van der Waals surface area contributed by atoms with Crippen LogP contribution < -0.4 is 15.5 Å². The molecule has 0 aliphatic carbocycles. The zero-order valence-electron chi connectivity index (χ0n) is 19.7. The van der Waals surface area contributed by atoms with Gasteiger partial charge in [0, 0.05) is 12.1 Å². The molecule has 1 aromatic heterocycles. The van der Waals surface area contributed by atoms with E-state index < -0.39 is 29.1 Å². The standard InChI is InChI=1S/C27H25NO7/c1-15-9-8-12-18-23(30)21-19(29)13-17(14-20(21)34-24(15)18)33-25(31)22(16-10-6-5-7-11-16)28-26(32)35-27(2,3)4/h5-14,22,29H,1-4H3,(H,28,32). The summed E-state index contributed by atoms with van der Waals surface area (Å²) in [5.74, 6) is -1.26. The molecule has 0 aliphatic heterocycles. The van der Waals surface area contributed by atoms with Crippen LogP contribution in [0.25, 0.3) is 21.9 Å². The molecule has 180 valence electrons. The molecule has 0 saturated heterocycles. The number of aromatic hydroxyl groups is 1. The second-order valence-corrected chi connectivity index (χ2v) is 9.11. The molecule has 4 rings (SSSR count). The highest BCUT2D eigenvalue weighted by atomic mass is 16.6. The van der Waals surface area contributed by atoms with E-state index in [4.69, 9.17) is 13.9 Å². The molecule has 3 aromatic carbocycles. The van der Waals surface area contributed by atoms with Crippen molar-refractivity contribution in [1.82, 2.24) is 5.32 Å². The predicted molar refractivity (Wildman–Crippen MR) is 131 cm³/mol. The summed E-state index contributed by atoms with van der Waals surface area (Å²) in [5.41, 5.74) is 0.500. The Morgan fingerprint density at radius 2 is 1.74 bits per heavy atom. The zero-order chi connectivity index (χ0) is 25.3. The number of phenolic OH excluding ortho intramolecular Hbond substituents is 1. The van der Waals surface area contributed by atoms with Crippen molar-refractivity contribution in [2.24, 2.45) is 0 Å². The van der Waals surface area contributed by atoms with Crippen LogP contribution in [0.2, 0.25) is 0 Å². The van der Waals surface area contributed by atoms with E-state index >= 15 is 0 Å². The molecule has 0 spiro atoms. The first-order valence-corrected chi connectivity index (χ1v) is 11.0. The summed E-state index contributed by atoms with van der Waals surface area (Å²) in [6.45, 7) is 6.92. The van der Waals surface area contributed by atoms with Crippen LogP contribution in [0.1, 0.15) is 37.9 Å². The average Bonchev–Trinajstić information content (AvgIpc) is 2.77. The first-order valence-electron chi connectivity index (χ1n) is 11.0. The van der Waals surface area contributed by atoms with Crippen LogP contribution in [0.4, 0.5) is 4.79 Å². The maximum atomic E-state index is 13.1. The van der Waals surface area contributed by atoms with Crippen LogP contribution in [0.5, 0.6) is 11.5 Å². The van der Waals surface area contributed by atoms with Gasteiger partial charge in [0.2, 0.25) is 5.43 Å². The third kappa shape index (κ3) is 5.11. The van der Waals surface area contributed by atoms with Crippen molar-refractivity contribution >= 4 is 34.0 Å². The van der Waals surface area contributed by atoms with Gasteiger partial charge in [-0.05, 0) is 44.9 Å². The molecule has 0 radical (unpaired) electrons. The number of amides is 1. The molecule has 0 saturated carbocycles. The van der Waals surface area contributed by atoms with Gasteiger partial charge in [0.15, 0.2) is 6.04 Å². The Kier molecular flexibility index (Phi) is 6.22. The minimum atomic E-state index is -1.19. The number of rotatable bonds is 4. The van der Waals surface area contributed by atoms with E-state index in [-0.39, 0.29) is 22.5 Å². The number of para-hydroxylation sites is 1. The van der Waals surface area contributed by atoms with E-state index in [2.05, 4.69) is 5.32 Å². The summed E-state index contributed by atoms with van der Waals surface area (Å²) in [4.78, 5) is 38.5. The average molecular weight is 475 g/mol. The second-order valence-electron chi connectivity index (χ2n) is 9.11. The van der Waals surface area contributed by atoms with Crippen LogP contribution in [0, 0.1) is 6.92 Å². The smallest absolute Gasteiger partial charge is 0.408 e. The summed E-state index contributed by atoms with van der Waals surface area (Å²) in [6, 6.07) is 15.0. The van der Waals surface area contributed by atoms with Gasteiger partial charge >= 0.3 is 12.1 Å². The lowest BCUT2D eigenvalue weighted by Crippen LogP contribution is -2.39. The Morgan fingerprint density at radius 1 is 1.03 bits per heavy atom. The molecular weight excluding hydrogens is 450 g/mol. The Labute approximate surface area is 201 Å². The summed E-state index contributed by atoms with van der Waals surface area (Å²) >= 11 is 0. The molecule has 8 nitrogen and oxygen atoms in total. The SMILES string of the molecule is Cc1cccc2c(=O)c3c(O)cc(OC(=O)C(NC(=O)OC(C)(C)C)c4ccccc4)cc3oc12. The molecule has 8 heteroatoms. The van der Waals surface area contributed by atoms with Crippen molar-refractivity contribution in [3.63, 3.8) is 0 Å². The van der Waals surface area contributed by atoms with E-state index in [1.807, 2.05) is 0 Å². The summed E-state index contributed by atoms with van der Waals surface area (Å²) < 4.78 is 16.7. The molecular formula is C27H25NO7. The Hall–Kier alpha value is -4.33. The van der Waals surface area contributed by atoms with Gasteiger partial charge in [-0.2, -0.15) is 0 Å². The van der Waals surface area contributed by atoms with Gasteiger partial charge in [-0.25, -0.2) is 9.59 Å². The van der Waals surface area contributed by atoms with E-state index in [1.54, 1.807) is 76.2 Å². The maximum absolute atomic E-state index is 13.1. The summed E-state index contributed by atoms with van der Waals surface area (Å²) in [5, 5.41) is 13.4. The number of carbonyl (C=O) groups excluding carboxylic acids is 2. The van der Waals surface area contributed by atoms with Gasteiger partial charge in [0.1, 0.15) is 33.7 Å². The second kappa shape index (κ2) is 9.13. The topological polar surface area (TPSA) is 115 Å². The molecule has 0 aliphatic rings. The van der Waals surface area contributed by atoms with Gasteiger partial charge in [0.25, 0.3) is 0 Å². The third-order valence-electron chi connectivity index (χ3n) is 5.20. The fourth-order valence-corrected chi connectivity index (χ4v) is 3.68. The molecule has 0 bridgehead atoms. The fourth-order valence-electron chi connectivity index (χ4n) is 3.68. The molecule has 1 unspecified atom stereocenters. The number of aryl methyl sites for hydroxylation is 1. The number of nitrogens with one attached hydrogen (secondary N) is 1. The van der Waals surface area contributed by atoms with E-state index in [0.29, 0.717) is 16.5 Å². The van der Waals surface area contributed by atoms with E-state index in [1.165, 1.54) is 6.07 Å². The lowest BCUT2D eigenvalue weighted by molar-refractivity contribution is -0.137. The molecule has 1 amide bonds. The summed E-state index contributed by atoms with van der Waals surface area (Å²) in [6.07, 6.45) is -0.794. The van der Waals surface area contributed by atoms with Gasteiger partial charge in [-0.3, -0.25) is 4.79 Å². The minimum Gasteiger partial charge on any atom is -0.507 e. The minimum absolute atomic E-state index is 0.0191. The normalized spacial score (nSPS) is 12.3. The maximum Gasteiger partial charge on any atom is 0.408 e. The lowest BCUT2D eigenvalue weighted by atomic mass is 10.1. The number of phenols is 1. The fraction of sp³-hybridized carbons (Fsp3) is 0.222. The van der Waals surface area contributed by atoms with Crippen LogP contribution in [0.15, 0.2) is 69.9 Å². The number of benzene rings is 3. The van der Waals surface area contributed by atoms with Crippen molar-refractivity contribution in [2.45, 2.75) is 39.3 Å². The molecule has 2 N–H and O–H groups in total. The number of esters is 1. The molecule has 35 heavy (non-hydrogen) atoms. The number of ether oxygens (including phenoxy) is 2. The molecule has 1 heterocycles. The number of fused-ring (bicyclic) bond motifs is 2. The number of carbonyl (C=O) groups is 2. The van der Waals surface area contributed by atoms with Gasteiger partial charge in [-0.15, -0.1) is 0 Å². The van der Waals surface area contributed by atoms with Crippen LogP contribution >= 0.6 is 0 Å². The molecule has 4 aromatic rings. The lowest BCUT2D eigenvalue weighted by Gasteiger charge is -2.23. The van der Waals surface area contributed by atoms with Crippen molar-refractivity contribution in [3.05, 3.63) is 82.0 Å². The van der Waals surface area contributed by atoms with Crippen LogP contribution in [0.3, 0.4) is 0 Å². The number of alkyl carbamates (subject to hydrolysis) is 1. The molecule has 0 fully saturated rings. The Bertz CT molecular complexity index is 1480. The number of hydrogen-bond acceptors (Lipinski definition) is 7. The van der Waals surface area contributed by atoms with Crippen molar-refractivity contribution in [2.75, 3.05) is 0 Å². The summed E-state index contributed by atoms with van der Waals surface area (Å²) in [7, 11) is 0. The predicted octanol–water partition coefficient (Wildman–Crippen LogP) is 5.13. The number of hydrogen-bond donors (Lipinski definition) is 2. The van der Waals surface area contributed by atoms with Gasteiger partial charge in [0.05, 0.1) is 5.39 Å². The zero-order valence-corrected chi connectivity index (χ0v) is 19.7. The first-order chi connectivity index (χ1) is 16.5. The Balaban J connectivity index is 1.70. The van der Waals surface area contributed by atoms with Crippen LogP contribution in [-0.4, -0.2) is 22.8 Å². The van der Waals surface area contributed by atoms with E-state index in [0.717, 1.165) is 11.6 Å². The van der Waals surface area contributed by atoms with Crippen molar-refractivity contribution < 1.29 is 28.6 Å². The quantitative estimate of drug-likeness (QED) is 0.239. The van der Waals surface area contributed by atoms with E-state index in [9.17, 15) is 19.5 Å². The van der Waals surface area contributed by atoms with Crippen LogP contribution in [-0.2, 0) is 9.53 Å². The highest BCUT2D eigenvalue weighted by Gasteiger charge is 2.28. The van der Waals surface area contributed by atoms with Gasteiger partial charge < -0.3 is 24.3 Å². The van der Waals surface area contributed by atoms with Crippen molar-refractivity contribution in [1.29, 1.82) is 0 Å². The van der Waals surface area contributed by atoms with Gasteiger partial charge in [-0.1, -0.05) is 42.5 Å². The molecule has 1 atom stereocenters. The monoisotopic (exact) mass is 475 g/mol. The Morgan fingerprint density at radius 3 is 2.43 bits per heavy atom. The first kappa shape index (κ1) is 23.8. The largest absolute Gasteiger partial charge is 0.507 e. The van der Waals surface area contributed by atoms with Crippen molar-refractivity contribution in [3.8, 4) is 11.5 Å². The highest BCUT2D eigenvalue weighted by Crippen LogP contribution is 2.32. The third-order valence-corrected chi connectivity index (χ3v) is 5.20. The highest BCUT2D eigenvalue weighted by molar-refractivity contribution is 5.95.